The van der Waals surface area contributed by atoms with Gasteiger partial charge in [0.05, 0.1) is 15.4 Å². The molecule has 0 aliphatic heterocycles. The summed E-state index contributed by atoms with van der Waals surface area (Å²) in [6.45, 7) is 6.31. The van der Waals surface area contributed by atoms with Crippen LogP contribution in [-0.4, -0.2) is 20.9 Å². The van der Waals surface area contributed by atoms with Crippen molar-refractivity contribution in [3.63, 3.8) is 0 Å². The molecule has 0 aromatic heterocycles. The van der Waals surface area contributed by atoms with Gasteiger partial charge in [-0.3, -0.25) is 25.0 Å². The Morgan fingerprint density at radius 1 is 1.04 bits per heavy atom. The summed E-state index contributed by atoms with van der Waals surface area (Å²) < 4.78 is 0. The highest BCUT2D eigenvalue weighted by molar-refractivity contribution is 6.05. The van der Waals surface area contributed by atoms with Crippen molar-refractivity contribution in [2.75, 3.05) is 5.32 Å². The monoisotopic (exact) mass is 373 g/mol. The van der Waals surface area contributed by atoms with Crippen molar-refractivity contribution in [3.8, 4) is 5.75 Å². The molecule has 2 N–H and O–H groups in total. The molecule has 0 aliphatic rings. The second-order valence-corrected chi connectivity index (χ2v) is 7.27. The highest BCUT2D eigenvalue weighted by Crippen LogP contribution is 2.36. The SMILES string of the molecule is CC(C)(C)Cc1ccc(NC(=O)c2cc([N+](=O)[O-])c(O)c([N+](=O)[O-])c2)cc1. The van der Waals surface area contributed by atoms with E-state index in [1.54, 1.807) is 12.1 Å². The number of nitrogens with one attached hydrogen (secondary N) is 1. The third-order valence-electron chi connectivity index (χ3n) is 3.67. The number of phenols is 1. The van der Waals surface area contributed by atoms with E-state index >= 15 is 0 Å². The second-order valence-electron chi connectivity index (χ2n) is 7.27. The zero-order valence-corrected chi connectivity index (χ0v) is 15.1. The predicted octanol–water partition coefficient (Wildman–Crippen LogP) is 4.05. The first kappa shape index (κ1) is 19.8. The van der Waals surface area contributed by atoms with Crippen LogP contribution in [0.5, 0.6) is 5.75 Å². The highest BCUT2D eigenvalue weighted by atomic mass is 16.6. The Labute approximate surface area is 154 Å². The molecule has 2 aromatic rings. The van der Waals surface area contributed by atoms with Crippen molar-refractivity contribution >= 4 is 23.0 Å². The minimum atomic E-state index is -1.09. The molecule has 9 nitrogen and oxygen atoms in total. The van der Waals surface area contributed by atoms with Gasteiger partial charge in [-0.25, -0.2) is 0 Å². The van der Waals surface area contributed by atoms with Gasteiger partial charge in [0.25, 0.3) is 11.7 Å². The lowest BCUT2D eigenvalue weighted by molar-refractivity contribution is -0.396. The Morgan fingerprint density at radius 2 is 1.52 bits per heavy atom. The van der Waals surface area contributed by atoms with E-state index in [2.05, 4.69) is 26.1 Å². The van der Waals surface area contributed by atoms with Crippen LogP contribution in [0.3, 0.4) is 0 Å². The van der Waals surface area contributed by atoms with Crippen molar-refractivity contribution in [2.24, 2.45) is 5.41 Å². The van der Waals surface area contributed by atoms with Gasteiger partial charge in [0.1, 0.15) is 0 Å². The normalized spacial score (nSPS) is 11.1. The van der Waals surface area contributed by atoms with Gasteiger partial charge in [-0.15, -0.1) is 0 Å². The van der Waals surface area contributed by atoms with Gasteiger partial charge in [0.15, 0.2) is 0 Å². The van der Waals surface area contributed by atoms with Crippen LogP contribution in [0.15, 0.2) is 36.4 Å². The van der Waals surface area contributed by atoms with Gasteiger partial charge in [-0.05, 0) is 29.5 Å². The van der Waals surface area contributed by atoms with Gasteiger partial charge in [-0.1, -0.05) is 32.9 Å². The number of carbonyl (C=O) groups excluding carboxylic acids is 1. The number of phenolic OH excluding ortho intramolecular Hbond substituents is 1. The maximum atomic E-state index is 12.4. The number of amides is 1. The van der Waals surface area contributed by atoms with E-state index in [0.717, 1.165) is 24.1 Å². The molecule has 0 spiro atoms. The number of anilines is 1. The summed E-state index contributed by atoms with van der Waals surface area (Å²) in [5.74, 6) is -1.85. The molecule has 0 aliphatic carbocycles. The number of rotatable bonds is 5. The third-order valence-corrected chi connectivity index (χ3v) is 3.67. The summed E-state index contributed by atoms with van der Waals surface area (Å²) in [4.78, 5) is 32.3. The van der Waals surface area contributed by atoms with E-state index in [1.165, 1.54) is 0 Å². The molecule has 0 bridgehead atoms. The fraction of sp³-hybridized carbons (Fsp3) is 0.278. The number of nitrogens with zero attached hydrogens (tertiary/aromatic N) is 2. The topological polar surface area (TPSA) is 136 Å². The maximum absolute atomic E-state index is 12.4. The quantitative estimate of drug-likeness (QED) is 0.599. The second kappa shape index (κ2) is 7.40. The minimum Gasteiger partial charge on any atom is -0.497 e. The molecule has 0 radical (unpaired) electrons. The molecule has 0 saturated carbocycles. The van der Waals surface area contributed by atoms with Crippen LogP contribution in [0.25, 0.3) is 0 Å². The van der Waals surface area contributed by atoms with E-state index < -0.39 is 32.9 Å². The van der Waals surface area contributed by atoms with E-state index in [1.807, 2.05) is 12.1 Å². The lowest BCUT2D eigenvalue weighted by Crippen LogP contribution is -2.13. The molecule has 1 amide bonds. The summed E-state index contributed by atoms with van der Waals surface area (Å²) in [5, 5.41) is 34.1. The van der Waals surface area contributed by atoms with Crippen molar-refractivity contribution in [3.05, 3.63) is 67.8 Å². The Balaban J connectivity index is 2.28. The molecular formula is C18H19N3O6. The van der Waals surface area contributed by atoms with E-state index in [9.17, 15) is 30.1 Å². The lowest BCUT2D eigenvalue weighted by Gasteiger charge is -2.18. The van der Waals surface area contributed by atoms with Crippen LogP contribution in [0.2, 0.25) is 0 Å². The first-order chi connectivity index (χ1) is 12.5. The van der Waals surface area contributed by atoms with Crippen molar-refractivity contribution in [1.82, 2.24) is 0 Å². The number of nitro benzene ring substituents is 2. The molecule has 0 fully saturated rings. The molecule has 142 valence electrons. The van der Waals surface area contributed by atoms with Crippen LogP contribution < -0.4 is 5.32 Å². The first-order valence-corrected chi connectivity index (χ1v) is 8.04. The Kier molecular flexibility index (Phi) is 5.44. The Bertz CT molecular complexity index is 865. The molecule has 0 atom stereocenters. The molecule has 0 unspecified atom stereocenters. The van der Waals surface area contributed by atoms with Crippen molar-refractivity contribution < 1.29 is 19.7 Å². The first-order valence-electron chi connectivity index (χ1n) is 8.04. The third kappa shape index (κ3) is 5.00. The van der Waals surface area contributed by atoms with Crippen LogP contribution in [-0.2, 0) is 6.42 Å². The fourth-order valence-corrected chi connectivity index (χ4v) is 2.54. The zero-order valence-electron chi connectivity index (χ0n) is 15.1. The highest BCUT2D eigenvalue weighted by Gasteiger charge is 2.28. The zero-order chi connectivity index (χ0) is 20.4. The van der Waals surface area contributed by atoms with Gasteiger partial charge >= 0.3 is 11.4 Å². The molecule has 27 heavy (non-hydrogen) atoms. The van der Waals surface area contributed by atoms with Crippen LogP contribution in [0.1, 0.15) is 36.7 Å². The number of hydrogen-bond acceptors (Lipinski definition) is 6. The Morgan fingerprint density at radius 3 is 1.93 bits per heavy atom. The average molecular weight is 373 g/mol. The summed E-state index contributed by atoms with van der Waals surface area (Å²) in [5.41, 5.74) is -0.489. The summed E-state index contributed by atoms with van der Waals surface area (Å²) in [6.07, 6.45) is 0.845. The van der Waals surface area contributed by atoms with Gasteiger partial charge < -0.3 is 10.4 Å². The molecule has 0 heterocycles. The molecular weight excluding hydrogens is 354 g/mol. The number of carbonyl (C=O) groups is 1. The smallest absolute Gasteiger partial charge is 0.318 e. The van der Waals surface area contributed by atoms with Crippen LogP contribution in [0, 0.1) is 25.6 Å². The molecule has 9 heteroatoms. The standard InChI is InChI=1S/C18H19N3O6/c1-18(2,3)10-11-4-6-13(7-5-11)19-17(23)12-8-14(20(24)25)16(22)15(9-12)21(26)27/h4-9,22H,10H2,1-3H3,(H,19,23). The fourth-order valence-electron chi connectivity index (χ4n) is 2.54. The summed E-state index contributed by atoms with van der Waals surface area (Å²) in [6, 6.07) is 8.66. The van der Waals surface area contributed by atoms with Gasteiger partial charge in [-0.2, -0.15) is 0 Å². The Hall–Kier alpha value is -3.49. The van der Waals surface area contributed by atoms with Gasteiger partial charge in [0.2, 0.25) is 0 Å². The van der Waals surface area contributed by atoms with Crippen molar-refractivity contribution in [1.29, 1.82) is 0 Å². The van der Waals surface area contributed by atoms with E-state index in [4.69, 9.17) is 0 Å². The van der Waals surface area contributed by atoms with Crippen LogP contribution >= 0.6 is 0 Å². The van der Waals surface area contributed by atoms with E-state index in [0.29, 0.717) is 5.69 Å². The number of hydrogen-bond donors (Lipinski definition) is 2. The average Bonchev–Trinajstić information content (AvgIpc) is 2.54. The van der Waals surface area contributed by atoms with Gasteiger partial charge in [0, 0.05) is 17.8 Å². The van der Waals surface area contributed by atoms with Crippen molar-refractivity contribution in [2.45, 2.75) is 27.2 Å². The van der Waals surface area contributed by atoms with E-state index in [-0.39, 0.29) is 11.0 Å². The predicted molar refractivity (Wildman–Crippen MR) is 99.0 cm³/mol. The minimum absolute atomic E-state index is 0.106. The molecule has 0 saturated heterocycles. The molecule has 2 rings (SSSR count). The lowest BCUT2D eigenvalue weighted by atomic mass is 9.88. The number of nitro groups is 2. The maximum Gasteiger partial charge on any atom is 0.318 e. The largest absolute Gasteiger partial charge is 0.497 e. The number of aromatic hydroxyl groups is 1. The summed E-state index contributed by atoms with van der Waals surface area (Å²) in [7, 11) is 0. The molecule has 2 aromatic carbocycles. The number of benzene rings is 2. The van der Waals surface area contributed by atoms with Crippen LogP contribution in [0.4, 0.5) is 17.1 Å². The summed E-state index contributed by atoms with van der Waals surface area (Å²) >= 11 is 0.